The predicted octanol–water partition coefficient (Wildman–Crippen LogP) is 9.56. The minimum Gasteiger partial charge on any atom is -0.456 e. The maximum Gasteiger partial charge on any atom is 0.286 e. The number of aromatic nitrogens is 12. The Hall–Kier alpha value is -7.57. The second-order valence-electron chi connectivity index (χ2n) is 19.7. The highest BCUT2D eigenvalue weighted by atomic mass is 35.5. The standard InChI is InChI=1S/C26H27F2N7O3.C17H15ClN4O2.C9H13F2N3O/c1-26(27,28)22-12-23(33-35(22)17-6-8-37-14-17)31-25-32-24-20(34(25)2)11-19(13-30-24)38-18-5-7-29-16(9-18)10-21(36)15-3-4-15;1-22-14-8-13(9-20-16(14)21-17(22)18)24-12-4-5-19-11(6-12)7-15(23)10-2-3-10;1-9(10,11)7-4-8(12)13-14(7)6-2-3-15-5-6/h5,7,9,11-13,15,17H,3-4,6,8,10,14H2,1-2H3,(H,30,31,32,33);4-6,8-10H,2-3,7H2,1H3;4,6H,2-3,5H2,1H3,(H2,12,13)/t17-;;6-/m0.0/s1. The van der Waals surface area contributed by atoms with Crippen molar-refractivity contribution < 1.29 is 46.1 Å². The van der Waals surface area contributed by atoms with Gasteiger partial charge >= 0.3 is 0 Å². The fourth-order valence-corrected chi connectivity index (χ4v) is 9.05. The molecule has 8 aromatic heterocycles. The summed E-state index contributed by atoms with van der Waals surface area (Å²) in [6.45, 7) is 3.57. The van der Waals surface area contributed by atoms with E-state index < -0.39 is 11.8 Å². The molecular formula is C52H55ClF4N14O6. The molecule has 0 spiro atoms. The molecule has 0 radical (unpaired) electrons. The first-order valence-corrected chi connectivity index (χ1v) is 25.5. The summed E-state index contributed by atoms with van der Waals surface area (Å²) in [6, 6.07) is 12.8. The van der Waals surface area contributed by atoms with E-state index in [0.717, 1.165) is 50.7 Å². The molecule has 0 unspecified atom stereocenters. The zero-order valence-electron chi connectivity index (χ0n) is 42.5. The number of carbonyl (C=O) groups is 2. The molecule has 77 heavy (non-hydrogen) atoms. The molecule has 2 aliphatic carbocycles. The molecule has 2 saturated carbocycles. The molecule has 404 valence electrons. The van der Waals surface area contributed by atoms with Gasteiger partial charge in [0.2, 0.25) is 11.2 Å². The number of alkyl halides is 4. The number of rotatable bonds is 16. The van der Waals surface area contributed by atoms with E-state index in [2.05, 4.69) is 45.4 Å². The minimum atomic E-state index is -3.06. The maximum atomic E-state index is 14.3. The van der Waals surface area contributed by atoms with Gasteiger partial charge in [-0.2, -0.15) is 37.7 Å². The van der Waals surface area contributed by atoms with Crippen molar-refractivity contribution in [3.8, 4) is 23.0 Å². The third-order valence-corrected chi connectivity index (χ3v) is 13.7. The highest BCUT2D eigenvalue weighted by Gasteiger charge is 2.36. The van der Waals surface area contributed by atoms with Crippen LogP contribution in [0.2, 0.25) is 5.28 Å². The van der Waals surface area contributed by atoms with Crippen LogP contribution < -0.4 is 20.5 Å². The van der Waals surface area contributed by atoms with Gasteiger partial charge in [0.15, 0.2) is 17.1 Å². The van der Waals surface area contributed by atoms with E-state index in [1.165, 1.54) is 21.5 Å². The number of anilines is 3. The monoisotopic (exact) mass is 1080 g/mol. The molecule has 8 aromatic rings. The van der Waals surface area contributed by atoms with Crippen molar-refractivity contribution in [2.75, 3.05) is 37.5 Å². The summed E-state index contributed by atoms with van der Waals surface area (Å²) < 4.78 is 83.6. The topological polar surface area (TPSA) is 232 Å². The number of nitrogens with zero attached hydrogens (tertiary/aromatic N) is 12. The van der Waals surface area contributed by atoms with Crippen LogP contribution in [0.15, 0.2) is 73.3 Å². The van der Waals surface area contributed by atoms with Crippen LogP contribution in [0.4, 0.5) is 35.1 Å². The number of ether oxygens (including phenoxy) is 4. The fraction of sp³-hybridized carbons (Fsp3) is 0.423. The van der Waals surface area contributed by atoms with Gasteiger partial charge in [0.25, 0.3) is 11.8 Å². The van der Waals surface area contributed by atoms with Gasteiger partial charge in [0, 0.05) is 115 Å². The Bertz CT molecular complexity index is 3440. The average Bonchev–Trinajstić information content (AvgIpc) is 4.03. The van der Waals surface area contributed by atoms with Crippen LogP contribution >= 0.6 is 11.6 Å². The van der Waals surface area contributed by atoms with Gasteiger partial charge < -0.3 is 39.1 Å². The molecule has 4 aliphatic rings. The Morgan fingerprint density at radius 1 is 0.675 bits per heavy atom. The van der Waals surface area contributed by atoms with E-state index in [4.69, 9.17) is 36.3 Å². The average molecular weight is 1080 g/mol. The minimum absolute atomic E-state index is 0.122. The highest BCUT2D eigenvalue weighted by molar-refractivity contribution is 6.29. The summed E-state index contributed by atoms with van der Waals surface area (Å²) in [5.41, 5.74) is 8.99. The molecule has 2 saturated heterocycles. The maximum absolute atomic E-state index is 14.3. The van der Waals surface area contributed by atoms with E-state index in [-0.39, 0.29) is 58.5 Å². The van der Waals surface area contributed by atoms with E-state index in [1.807, 2.05) is 13.1 Å². The lowest BCUT2D eigenvalue weighted by atomic mass is 10.1. The molecule has 2 aliphatic heterocycles. The number of pyridine rings is 4. The lowest BCUT2D eigenvalue weighted by molar-refractivity contribution is -0.120. The number of hydrogen-bond donors (Lipinski definition) is 2. The van der Waals surface area contributed by atoms with Gasteiger partial charge in [-0.25, -0.2) is 9.97 Å². The highest BCUT2D eigenvalue weighted by Crippen LogP contribution is 2.37. The van der Waals surface area contributed by atoms with Crippen LogP contribution in [-0.4, -0.2) is 96.6 Å². The van der Waals surface area contributed by atoms with Gasteiger partial charge in [-0.3, -0.25) is 28.9 Å². The van der Waals surface area contributed by atoms with E-state index in [0.29, 0.717) is 109 Å². The van der Waals surface area contributed by atoms with Crippen molar-refractivity contribution in [2.24, 2.45) is 25.9 Å². The van der Waals surface area contributed by atoms with Crippen molar-refractivity contribution >= 4 is 63.1 Å². The van der Waals surface area contributed by atoms with Crippen LogP contribution in [0.25, 0.3) is 22.3 Å². The molecule has 2 atom stereocenters. The number of carbonyl (C=O) groups excluding carboxylic acids is 2. The van der Waals surface area contributed by atoms with Crippen molar-refractivity contribution in [1.29, 1.82) is 0 Å². The van der Waals surface area contributed by atoms with Crippen molar-refractivity contribution in [1.82, 2.24) is 58.6 Å². The Morgan fingerprint density at radius 2 is 1.17 bits per heavy atom. The number of nitrogens with one attached hydrogen (secondary N) is 1. The second kappa shape index (κ2) is 21.8. The number of fused-ring (bicyclic) bond motifs is 2. The van der Waals surface area contributed by atoms with Gasteiger partial charge in [0.05, 0.1) is 60.1 Å². The molecule has 3 N–H and O–H groups in total. The summed E-state index contributed by atoms with van der Waals surface area (Å²) in [5, 5.41) is 11.7. The van der Waals surface area contributed by atoms with Gasteiger partial charge in [0.1, 0.15) is 51.8 Å². The Kier molecular flexibility index (Phi) is 15.0. The first kappa shape index (κ1) is 52.9. The largest absolute Gasteiger partial charge is 0.456 e. The van der Waals surface area contributed by atoms with Gasteiger partial charge in [-0.05, 0) is 62.3 Å². The molecule has 4 fully saturated rings. The lowest BCUT2D eigenvalue weighted by Crippen LogP contribution is -2.20. The molecule has 0 aromatic carbocycles. The molecule has 0 bridgehead atoms. The molecular weight excluding hydrogens is 1030 g/mol. The van der Waals surface area contributed by atoms with Crippen LogP contribution in [0.1, 0.15) is 87.2 Å². The number of nitrogens with two attached hydrogens (primary N) is 1. The van der Waals surface area contributed by atoms with Crippen LogP contribution in [-0.2, 0) is 57.8 Å². The fourth-order valence-electron chi connectivity index (χ4n) is 8.88. The first-order valence-electron chi connectivity index (χ1n) is 25.1. The van der Waals surface area contributed by atoms with Gasteiger partial charge in [-0.1, -0.05) is 0 Å². The van der Waals surface area contributed by atoms with Gasteiger partial charge in [-0.15, -0.1) is 0 Å². The predicted molar refractivity (Wildman–Crippen MR) is 274 cm³/mol. The lowest BCUT2D eigenvalue weighted by Gasteiger charge is -2.16. The quantitative estimate of drug-likeness (QED) is 0.0858. The normalized spacial score (nSPS) is 17.5. The van der Waals surface area contributed by atoms with E-state index in [9.17, 15) is 27.2 Å². The molecule has 20 nitrogen and oxygen atoms in total. The third-order valence-electron chi connectivity index (χ3n) is 13.3. The number of halogens is 5. The van der Waals surface area contributed by atoms with Crippen LogP contribution in [0.5, 0.6) is 23.0 Å². The molecule has 0 amide bonds. The van der Waals surface area contributed by atoms with Crippen molar-refractivity contribution in [2.45, 2.75) is 89.1 Å². The summed E-state index contributed by atoms with van der Waals surface area (Å²) in [7, 11) is 3.60. The molecule has 12 rings (SSSR count). The third kappa shape index (κ3) is 12.7. The number of hydrogen-bond acceptors (Lipinski definition) is 16. The number of aryl methyl sites for hydroxylation is 2. The van der Waals surface area contributed by atoms with E-state index >= 15 is 0 Å². The molecule has 10 heterocycles. The number of imidazole rings is 2. The smallest absolute Gasteiger partial charge is 0.286 e. The summed E-state index contributed by atoms with van der Waals surface area (Å²) in [5.74, 6) is -2.10. The molecule has 25 heteroatoms. The van der Waals surface area contributed by atoms with Crippen LogP contribution in [0.3, 0.4) is 0 Å². The zero-order chi connectivity index (χ0) is 54.2. The summed E-state index contributed by atoms with van der Waals surface area (Å²) >= 11 is 6.00. The number of Topliss-reactive ketones (excluding diaryl/α,β-unsaturated/α-hetero) is 2. The van der Waals surface area contributed by atoms with Crippen LogP contribution in [0, 0.1) is 11.8 Å². The SMILES string of the molecule is CC(F)(F)c1cc(N)nn1[C@H]1CCOC1.Cn1c(Cl)nc2ncc(Oc3ccnc(CC(=O)C4CC4)c3)cc21.Cn1c(Nc2cc(C(C)(F)F)n([C@H]3CCOC3)n2)nc2ncc(Oc3ccnc(CC(=O)C4CC4)c3)cc21. The summed E-state index contributed by atoms with van der Waals surface area (Å²) in [4.78, 5) is 49.9. The Balaban J connectivity index is 0.000000146. The zero-order valence-corrected chi connectivity index (χ0v) is 43.3. The van der Waals surface area contributed by atoms with Crippen molar-refractivity contribution in [3.05, 3.63) is 101 Å². The number of ketones is 2. The van der Waals surface area contributed by atoms with E-state index in [1.54, 1.807) is 71.3 Å². The summed E-state index contributed by atoms with van der Waals surface area (Å²) in [6.07, 6.45) is 12.3. The number of nitrogen functional groups attached to an aromatic ring is 1. The first-order chi connectivity index (χ1) is 36.8. The van der Waals surface area contributed by atoms with Crippen molar-refractivity contribution in [3.63, 3.8) is 0 Å². The Morgan fingerprint density at radius 3 is 1.66 bits per heavy atom. The second-order valence-corrected chi connectivity index (χ2v) is 20.0. The Labute approximate surface area is 443 Å².